The molecule has 0 amide bonds. The van der Waals surface area contributed by atoms with Crippen LogP contribution in [-0.2, 0) is 4.74 Å². The number of hydrogen-bond acceptors (Lipinski definition) is 4. The van der Waals surface area contributed by atoms with Gasteiger partial charge in [-0.1, -0.05) is 6.92 Å². The van der Waals surface area contributed by atoms with Gasteiger partial charge in [0.05, 0.1) is 12.2 Å². The molecule has 0 heterocycles. The van der Waals surface area contributed by atoms with Gasteiger partial charge in [-0.25, -0.2) is 4.79 Å². The van der Waals surface area contributed by atoms with Crippen LogP contribution in [0.1, 0.15) is 41.0 Å². The van der Waals surface area contributed by atoms with Crippen LogP contribution >= 0.6 is 0 Å². The highest BCUT2D eigenvalue weighted by atomic mass is 16.5. The van der Waals surface area contributed by atoms with Crippen LogP contribution in [-0.4, -0.2) is 18.4 Å². The summed E-state index contributed by atoms with van der Waals surface area (Å²) in [5, 5.41) is 0. The first kappa shape index (κ1) is 12.2. The van der Waals surface area contributed by atoms with Crippen molar-refractivity contribution in [1.29, 1.82) is 0 Å². The van der Waals surface area contributed by atoms with Crippen molar-refractivity contribution in [2.75, 3.05) is 12.3 Å². The summed E-state index contributed by atoms with van der Waals surface area (Å²) in [7, 11) is 0. The molecule has 2 N–H and O–H groups in total. The Labute approximate surface area is 94.4 Å². The molecule has 4 heteroatoms. The van der Waals surface area contributed by atoms with Gasteiger partial charge >= 0.3 is 5.97 Å². The molecular weight excluding hydrogens is 206 g/mol. The lowest BCUT2D eigenvalue weighted by atomic mass is 10.0. The highest BCUT2D eigenvalue weighted by Gasteiger charge is 2.12. The summed E-state index contributed by atoms with van der Waals surface area (Å²) < 4.78 is 4.83. The number of esters is 1. The largest absolute Gasteiger partial charge is 0.462 e. The standard InChI is InChI=1S/C12H15NO3/c1-3-11(14)9-6-5-8(7-10(9)13)12(15)16-4-2/h5-7H,3-4,13H2,1-2H3. The summed E-state index contributed by atoms with van der Waals surface area (Å²) in [5.41, 5.74) is 6.84. The summed E-state index contributed by atoms with van der Waals surface area (Å²) >= 11 is 0. The molecular formula is C12H15NO3. The minimum atomic E-state index is -0.426. The molecule has 0 saturated carbocycles. The maximum Gasteiger partial charge on any atom is 0.338 e. The zero-order valence-electron chi connectivity index (χ0n) is 9.45. The number of hydrogen-bond donors (Lipinski definition) is 1. The molecule has 1 aromatic rings. The predicted molar refractivity (Wildman–Crippen MR) is 61.4 cm³/mol. The number of ketones is 1. The SMILES string of the molecule is CCOC(=O)c1ccc(C(=O)CC)c(N)c1. The first-order valence-electron chi connectivity index (χ1n) is 5.20. The molecule has 0 aliphatic carbocycles. The molecule has 0 fully saturated rings. The van der Waals surface area contributed by atoms with Crippen molar-refractivity contribution in [3.63, 3.8) is 0 Å². The lowest BCUT2D eigenvalue weighted by Crippen LogP contribution is -2.08. The summed E-state index contributed by atoms with van der Waals surface area (Å²) in [6, 6.07) is 4.59. The fourth-order valence-corrected chi connectivity index (χ4v) is 1.35. The van der Waals surface area contributed by atoms with E-state index in [4.69, 9.17) is 10.5 Å². The molecule has 1 rings (SSSR count). The topological polar surface area (TPSA) is 69.4 Å². The van der Waals surface area contributed by atoms with Crippen LogP contribution in [0.5, 0.6) is 0 Å². The van der Waals surface area contributed by atoms with Crippen molar-refractivity contribution >= 4 is 17.4 Å². The van der Waals surface area contributed by atoms with Crippen molar-refractivity contribution in [2.24, 2.45) is 0 Å². The third kappa shape index (κ3) is 2.59. The van der Waals surface area contributed by atoms with Gasteiger partial charge in [-0.2, -0.15) is 0 Å². The minimum Gasteiger partial charge on any atom is -0.462 e. The van der Waals surface area contributed by atoms with E-state index in [1.807, 2.05) is 0 Å². The minimum absolute atomic E-state index is 0.0343. The van der Waals surface area contributed by atoms with E-state index < -0.39 is 5.97 Å². The van der Waals surface area contributed by atoms with Gasteiger partial charge in [0.15, 0.2) is 5.78 Å². The molecule has 86 valence electrons. The third-order valence-corrected chi connectivity index (χ3v) is 2.18. The summed E-state index contributed by atoms with van der Waals surface area (Å²) in [4.78, 5) is 22.8. The van der Waals surface area contributed by atoms with Gasteiger partial charge < -0.3 is 10.5 Å². The molecule has 0 spiro atoms. The molecule has 0 saturated heterocycles. The van der Waals surface area contributed by atoms with E-state index in [-0.39, 0.29) is 5.78 Å². The van der Waals surface area contributed by atoms with Gasteiger partial charge in [0, 0.05) is 17.7 Å². The maximum absolute atomic E-state index is 11.4. The lowest BCUT2D eigenvalue weighted by Gasteiger charge is -2.06. The number of benzene rings is 1. The summed E-state index contributed by atoms with van der Waals surface area (Å²) in [5.74, 6) is -0.461. The van der Waals surface area contributed by atoms with Gasteiger partial charge in [0.1, 0.15) is 0 Å². The maximum atomic E-state index is 11.4. The normalized spacial score (nSPS) is 9.88. The molecule has 0 atom stereocenters. The van der Waals surface area contributed by atoms with Gasteiger partial charge in [0.2, 0.25) is 0 Å². The molecule has 0 aliphatic rings. The molecule has 0 radical (unpaired) electrons. The smallest absolute Gasteiger partial charge is 0.338 e. The van der Waals surface area contributed by atoms with Gasteiger partial charge in [-0.3, -0.25) is 4.79 Å². The monoisotopic (exact) mass is 221 g/mol. The number of anilines is 1. The Morgan fingerprint density at radius 3 is 2.50 bits per heavy atom. The number of nitrogens with two attached hydrogens (primary N) is 1. The van der Waals surface area contributed by atoms with Crippen molar-refractivity contribution in [3.05, 3.63) is 29.3 Å². The summed E-state index contributed by atoms with van der Waals surface area (Å²) in [6.07, 6.45) is 0.392. The molecule has 0 aliphatic heterocycles. The highest BCUT2D eigenvalue weighted by Crippen LogP contribution is 2.16. The van der Waals surface area contributed by atoms with E-state index in [9.17, 15) is 9.59 Å². The first-order chi connectivity index (χ1) is 7.60. The number of ether oxygens (including phenoxy) is 1. The van der Waals surface area contributed by atoms with Gasteiger partial charge in [-0.15, -0.1) is 0 Å². The van der Waals surface area contributed by atoms with Crippen molar-refractivity contribution in [3.8, 4) is 0 Å². The van der Waals surface area contributed by atoms with Crippen LogP contribution in [0.3, 0.4) is 0 Å². The number of carbonyl (C=O) groups excluding carboxylic acids is 2. The Morgan fingerprint density at radius 1 is 1.31 bits per heavy atom. The van der Waals surface area contributed by atoms with E-state index in [1.54, 1.807) is 26.0 Å². The van der Waals surface area contributed by atoms with E-state index in [2.05, 4.69) is 0 Å². The number of carbonyl (C=O) groups is 2. The Kier molecular flexibility index (Phi) is 4.05. The fraction of sp³-hybridized carbons (Fsp3) is 0.333. The average molecular weight is 221 g/mol. The zero-order valence-corrected chi connectivity index (χ0v) is 9.45. The highest BCUT2D eigenvalue weighted by molar-refractivity contribution is 6.02. The second-order valence-corrected chi connectivity index (χ2v) is 3.30. The van der Waals surface area contributed by atoms with Crippen LogP contribution in [0.4, 0.5) is 5.69 Å². The van der Waals surface area contributed by atoms with E-state index in [1.165, 1.54) is 6.07 Å². The summed E-state index contributed by atoms with van der Waals surface area (Å²) in [6.45, 7) is 3.81. The Hall–Kier alpha value is -1.84. The predicted octanol–water partition coefficient (Wildman–Crippen LogP) is 2.04. The van der Waals surface area contributed by atoms with Gasteiger partial charge in [0.25, 0.3) is 0 Å². The van der Waals surface area contributed by atoms with E-state index >= 15 is 0 Å². The third-order valence-electron chi connectivity index (χ3n) is 2.18. The molecule has 0 aromatic heterocycles. The second-order valence-electron chi connectivity index (χ2n) is 3.30. The Bertz CT molecular complexity index is 413. The van der Waals surface area contributed by atoms with Crippen molar-refractivity contribution in [2.45, 2.75) is 20.3 Å². The van der Waals surface area contributed by atoms with Crippen LogP contribution < -0.4 is 5.73 Å². The molecule has 4 nitrogen and oxygen atoms in total. The Balaban J connectivity index is 2.99. The van der Waals surface area contributed by atoms with Gasteiger partial charge in [-0.05, 0) is 25.1 Å². The van der Waals surface area contributed by atoms with Crippen LogP contribution in [0, 0.1) is 0 Å². The Morgan fingerprint density at radius 2 is 2.00 bits per heavy atom. The van der Waals surface area contributed by atoms with Crippen LogP contribution in [0.2, 0.25) is 0 Å². The number of nitrogen functional groups attached to an aromatic ring is 1. The molecule has 16 heavy (non-hydrogen) atoms. The van der Waals surface area contributed by atoms with Crippen molar-refractivity contribution < 1.29 is 14.3 Å². The average Bonchev–Trinajstić information content (AvgIpc) is 2.28. The zero-order chi connectivity index (χ0) is 12.1. The van der Waals surface area contributed by atoms with Crippen LogP contribution in [0.15, 0.2) is 18.2 Å². The molecule has 0 bridgehead atoms. The molecule has 1 aromatic carbocycles. The van der Waals surface area contributed by atoms with Crippen LogP contribution in [0.25, 0.3) is 0 Å². The quantitative estimate of drug-likeness (QED) is 0.480. The van der Waals surface area contributed by atoms with Crippen molar-refractivity contribution in [1.82, 2.24) is 0 Å². The lowest BCUT2D eigenvalue weighted by molar-refractivity contribution is 0.0526. The fourth-order valence-electron chi connectivity index (χ4n) is 1.35. The number of Topliss-reactive ketones (excluding diaryl/α,β-unsaturated/α-hetero) is 1. The molecule has 0 unspecified atom stereocenters. The van der Waals surface area contributed by atoms with E-state index in [0.29, 0.717) is 29.8 Å². The second kappa shape index (κ2) is 5.30. The van der Waals surface area contributed by atoms with E-state index in [0.717, 1.165) is 0 Å². The number of rotatable bonds is 4. The first-order valence-corrected chi connectivity index (χ1v) is 5.20.